The zero-order valence-corrected chi connectivity index (χ0v) is 14.6. The Morgan fingerprint density at radius 2 is 1.83 bits per heavy atom. The Balaban J connectivity index is 2.21. The highest BCUT2D eigenvalue weighted by molar-refractivity contribution is 5.86. The van der Waals surface area contributed by atoms with Gasteiger partial charge >= 0.3 is 11.7 Å². The quantitative estimate of drug-likeness (QED) is 0.681. The second-order valence-electron chi connectivity index (χ2n) is 6.17. The normalized spacial score (nSPS) is 13.8. The van der Waals surface area contributed by atoms with Gasteiger partial charge in [0.2, 0.25) is 0 Å². The topological polar surface area (TPSA) is 44.4 Å². The van der Waals surface area contributed by atoms with Crippen LogP contribution in [0.5, 0.6) is 5.95 Å². The van der Waals surface area contributed by atoms with E-state index < -0.39 is 0 Å². The number of hydrogen-bond donors (Lipinski definition) is 0. The predicted molar refractivity (Wildman–Crippen MR) is 96.0 cm³/mol. The number of ether oxygens (including phenoxy) is 1. The molecule has 2 atom stereocenters. The lowest BCUT2D eigenvalue weighted by molar-refractivity contribution is 0.289. The number of aromatic nitrogens is 1. The molecule has 1 heterocycles. The summed E-state index contributed by atoms with van der Waals surface area (Å²) in [7, 11) is 1.54. The van der Waals surface area contributed by atoms with Crippen molar-refractivity contribution in [3.63, 3.8) is 0 Å². The van der Waals surface area contributed by atoms with Crippen LogP contribution in [0.15, 0.2) is 51.7 Å². The molecule has 126 valence electrons. The van der Waals surface area contributed by atoms with Gasteiger partial charge in [0, 0.05) is 5.92 Å². The van der Waals surface area contributed by atoms with E-state index in [4.69, 9.17) is 9.15 Å². The van der Waals surface area contributed by atoms with E-state index >= 15 is 0 Å². The first-order chi connectivity index (χ1) is 11.6. The Bertz CT molecular complexity index is 901. The maximum absolute atomic E-state index is 12.5. The zero-order chi connectivity index (χ0) is 17.3. The molecular formula is C20H23NO3. The summed E-state index contributed by atoms with van der Waals surface area (Å²) in [4.78, 5) is 12.5. The first-order valence-electron chi connectivity index (χ1n) is 8.35. The zero-order valence-electron chi connectivity index (χ0n) is 14.6. The minimum atomic E-state index is -0.373. The van der Waals surface area contributed by atoms with Gasteiger partial charge in [-0.05, 0) is 29.7 Å². The number of fused-ring (bicyclic) bond motifs is 1. The van der Waals surface area contributed by atoms with Crippen molar-refractivity contribution in [3.05, 3.63) is 64.3 Å². The molecule has 0 aliphatic rings. The van der Waals surface area contributed by atoms with Gasteiger partial charge < -0.3 is 9.15 Å². The van der Waals surface area contributed by atoms with E-state index in [1.807, 2.05) is 25.1 Å². The molecule has 4 nitrogen and oxygen atoms in total. The van der Waals surface area contributed by atoms with Crippen LogP contribution in [0, 0.1) is 0 Å². The van der Waals surface area contributed by atoms with Gasteiger partial charge in [0.25, 0.3) is 0 Å². The van der Waals surface area contributed by atoms with E-state index in [-0.39, 0.29) is 17.7 Å². The fourth-order valence-corrected chi connectivity index (χ4v) is 3.28. The van der Waals surface area contributed by atoms with Crippen LogP contribution in [0.2, 0.25) is 0 Å². The molecule has 0 aliphatic heterocycles. The van der Waals surface area contributed by atoms with E-state index in [0.29, 0.717) is 5.95 Å². The van der Waals surface area contributed by atoms with Crippen LogP contribution in [0.1, 0.15) is 50.4 Å². The number of benzene rings is 2. The molecule has 4 heteroatoms. The summed E-state index contributed by atoms with van der Waals surface area (Å²) in [6, 6.07) is 14.3. The van der Waals surface area contributed by atoms with Crippen molar-refractivity contribution >= 4 is 10.8 Å². The molecule has 3 rings (SSSR count). The maximum Gasteiger partial charge on any atom is 0.422 e. The van der Waals surface area contributed by atoms with Crippen molar-refractivity contribution in [2.75, 3.05) is 7.11 Å². The summed E-state index contributed by atoms with van der Waals surface area (Å²) < 4.78 is 12.4. The molecule has 0 amide bonds. The van der Waals surface area contributed by atoms with Gasteiger partial charge in [-0.15, -0.1) is 0 Å². The molecule has 0 bridgehead atoms. The molecule has 2 unspecified atom stereocenters. The Kier molecular flexibility index (Phi) is 4.47. The van der Waals surface area contributed by atoms with Gasteiger partial charge in [-0.2, -0.15) is 0 Å². The fraction of sp³-hybridized carbons (Fsp3) is 0.350. The van der Waals surface area contributed by atoms with Crippen molar-refractivity contribution in [1.29, 1.82) is 0 Å². The molecule has 0 aliphatic carbocycles. The third-order valence-electron chi connectivity index (χ3n) is 4.77. The van der Waals surface area contributed by atoms with Crippen molar-refractivity contribution < 1.29 is 9.15 Å². The Morgan fingerprint density at radius 1 is 1.12 bits per heavy atom. The van der Waals surface area contributed by atoms with Crippen molar-refractivity contribution in [2.24, 2.45) is 0 Å². The Hall–Kier alpha value is -2.49. The SMILES string of the molecule is CCC(C)c1c(OC)oc(=O)n1C(C)c1cccc2ccccc12. The number of oxazole rings is 1. The van der Waals surface area contributed by atoms with E-state index in [9.17, 15) is 4.79 Å². The van der Waals surface area contributed by atoms with Gasteiger partial charge in [-0.3, -0.25) is 4.57 Å². The highest BCUT2D eigenvalue weighted by atomic mass is 16.6. The largest absolute Gasteiger partial charge is 0.467 e. The molecule has 0 radical (unpaired) electrons. The first kappa shape index (κ1) is 16.4. The fourth-order valence-electron chi connectivity index (χ4n) is 3.28. The van der Waals surface area contributed by atoms with Crippen LogP contribution < -0.4 is 10.5 Å². The van der Waals surface area contributed by atoms with Crippen molar-refractivity contribution in [1.82, 2.24) is 4.57 Å². The summed E-state index contributed by atoms with van der Waals surface area (Å²) in [5.74, 6) is 0.118. The van der Waals surface area contributed by atoms with Gasteiger partial charge in [0.1, 0.15) is 5.69 Å². The lowest BCUT2D eigenvalue weighted by Gasteiger charge is -2.20. The summed E-state index contributed by atoms with van der Waals surface area (Å²) in [5.41, 5.74) is 1.92. The summed E-state index contributed by atoms with van der Waals surface area (Å²) in [6.45, 7) is 6.21. The number of nitrogens with zero attached hydrogens (tertiary/aromatic N) is 1. The van der Waals surface area contributed by atoms with Gasteiger partial charge in [0.15, 0.2) is 0 Å². The molecule has 2 aromatic carbocycles. The molecule has 0 N–H and O–H groups in total. The van der Waals surface area contributed by atoms with Crippen LogP contribution in [0.4, 0.5) is 0 Å². The lowest BCUT2D eigenvalue weighted by Crippen LogP contribution is -2.23. The smallest absolute Gasteiger partial charge is 0.422 e. The van der Waals surface area contributed by atoms with E-state index in [1.165, 1.54) is 7.11 Å². The van der Waals surface area contributed by atoms with Crippen LogP contribution in [-0.2, 0) is 0 Å². The highest BCUT2D eigenvalue weighted by Gasteiger charge is 2.26. The molecule has 0 saturated carbocycles. The Morgan fingerprint density at radius 3 is 2.54 bits per heavy atom. The Labute approximate surface area is 141 Å². The lowest BCUT2D eigenvalue weighted by atomic mass is 9.98. The first-order valence-corrected chi connectivity index (χ1v) is 8.35. The maximum atomic E-state index is 12.5. The minimum Gasteiger partial charge on any atom is -0.467 e. The van der Waals surface area contributed by atoms with Gasteiger partial charge in [-0.1, -0.05) is 56.3 Å². The second-order valence-corrected chi connectivity index (χ2v) is 6.17. The average Bonchev–Trinajstić information content (AvgIpc) is 2.96. The number of hydrogen-bond acceptors (Lipinski definition) is 3. The standard InChI is InChI=1S/C20H23NO3/c1-5-13(2)18-19(23-4)24-20(22)21(18)14(3)16-12-8-10-15-9-6-7-11-17(15)16/h6-14H,5H2,1-4H3. The van der Waals surface area contributed by atoms with Crippen LogP contribution in [0.3, 0.4) is 0 Å². The molecular weight excluding hydrogens is 302 g/mol. The predicted octanol–water partition coefficient (Wildman–Crippen LogP) is 4.73. The molecule has 3 aromatic rings. The molecule has 24 heavy (non-hydrogen) atoms. The third-order valence-corrected chi connectivity index (χ3v) is 4.77. The monoisotopic (exact) mass is 325 g/mol. The summed E-state index contributed by atoms with van der Waals surface area (Å²) in [6.07, 6.45) is 0.900. The molecule has 0 fully saturated rings. The van der Waals surface area contributed by atoms with Crippen LogP contribution >= 0.6 is 0 Å². The van der Waals surface area contributed by atoms with Gasteiger partial charge in [0.05, 0.1) is 13.2 Å². The molecule has 0 saturated heterocycles. The number of rotatable bonds is 5. The highest BCUT2D eigenvalue weighted by Crippen LogP contribution is 2.33. The van der Waals surface area contributed by atoms with E-state index in [1.54, 1.807) is 4.57 Å². The van der Waals surface area contributed by atoms with Gasteiger partial charge in [-0.25, -0.2) is 4.79 Å². The van der Waals surface area contributed by atoms with Crippen molar-refractivity contribution in [3.8, 4) is 5.95 Å². The van der Waals surface area contributed by atoms with E-state index in [0.717, 1.165) is 28.5 Å². The molecule has 0 spiro atoms. The number of methoxy groups -OCH3 is 1. The average molecular weight is 325 g/mol. The minimum absolute atomic E-state index is 0.139. The third kappa shape index (κ3) is 2.62. The summed E-state index contributed by atoms with van der Waals surface area (Å²) >= 11 is 0. The second kappa shape index (κ2) is 6.56. The van der Waals surface area contributed by atoms with Crippen LogP contribution in [-0.4, -0.2) is 11.7 Å². The van der Waals surface area contributed by atoms with Crippen LogP contribution in [0.25, 0.3) is 10.8 Å². The molecule has 1 aromatic heterocycles. The van der Waals surface area contributed by atoms with Crippen molar-refractivity contribution in [2.45, 2.75) is 39.2 Å². The summed E-state index contributed by atoms with van der Waals surface area (Å²) in [5, 5.41) is 2.31. The van der Waals surface area contributed by atoms with E-state index in [2.05, 4.69) is 38.1 Å².